The zero-order valence-corrected chi connectivity index (χ0v) is 8.75. The van der Waals surface area contributed by atoms with Gasteiger partial charge < -0.3 is 4.74 Å². The molecule has 0 unspecified atom stereocenters. The molecule has 0 aromatic rings. The van der Waals surface area contributed by atoms with Crippen molar-refractivity contribution in [1.29, 1.82) is 0 Å². The molecule has 0 aromatic heterocycles. The van der Waals surface area contributed by atoms with Gasteiger partial charge in [0.05, 0.1) is 18.9 Å². The summed E-state index contributed by atoms with van der Waals surface area (Å²) < 4.78 is 4.46. The van der Waals surface area contributed by atoms with Crippen LogP contribution in [0.3, 0.4) is 0 Å². The molecule has 1 aliphatic heterocycles. The molecule has 5 heteroatoms. The van der Waals surface area contributed by atoms with Crippen LogP contribution >= 0.6 is 0 Å². The van der Waals surface area contributed by atoms with Crippen LogP contribution in [0.1, 0.15) is 6.42 Å². The van der Waals surface area contributed by atoms with Crippen LogP contribution in [-0.4, -0.2) is 29.9 Å². The summed E-state index contributed by atoms with van der Waals surface area (Å²) in [6.07, 6.45) is 3.97. The number of hydrogen-bond donors (Lipinski definition) is 0. The van der Waals surface area contributed by atoms with Crippen LogP contribution in [-0.2, 0) is 14.3 Å². The number of amides is 3. The van der Waals surface area contributed by atoms with Crippen LogP contribution in [0.15, 0.2) is 12.2 Å². The first-order valence-electron chi connectivity index (χ1n) is 5.29. The highest BCUT2D eigenvalue weighted by molar-refractivity contribution is 6.16. The van der Waals surface area contributed by atoms with E-state index in [-0.39, 0.29) is 23.7 Å². The molecule has 84 valence electrons. The Kier molecular flexibility index (Phi) is 1.75. The van der Waals surface area contributed by atoms with E-state index in [9.17, 15) is 14.4 Å². The van der Waals surface area contributed by atoms with E-state index >= 15 is 0 Å². The Morgan fingerprint density at radius 3 is 2.19 bits per heavy atom. The highest BCUT2D eigenvalue weighted by Crippen LogP contribution is 2.52. The number of allylic oxidation sites excluding steroid dienone is 2. The summed E-state index contributed by atoms with van der Waals surface area (Å²) in [5.74, 6) is -1.19. The maximum Gasteiger partial charge on any atom is 0.423 e. The van der Waals surface area contributed by atoms with E-state index in [0.717, 1.165) is 6.42 Å². The molecule has 2 aliphatic carbocycles. The summed E-state index contributed by atoms with van der Waals surface area (Å²) in [4.78, 5) is 35.9. The van der Waals surface area contributed by atoms with Crippen molar-refractivity contribution in [3.63, 3.8) is 0 Å². The molecule has 3 rings (SSSR count). The summed E-state index contributed by atoms with van der Waals surface area (Å²) in [7, 11) is 1.17. The number of likely N-dealkylation sites (tertiary alicyclic amines) is 1. The molecule has 4 atom stereocenters. The SMILES string of the molecule is COC(=O)N1C(=O)[C@@H]2[C@H](C1=O)[C@@H]1C=C[C@H]2C1. The van der Waals surface area contributed by atoms with E-state index in [1.165, 1.54) is 7.11 Å². The van der Waals surface area contributed by atoms with Crippen molar-refractivity contribution >= 4 is 17.9 Å². The van der Waals surface area contributed by atoms with E-state index in [1.807, 2.05) is 12.2 Å². The van der Waals surface area contributed by atoms with Crippen LogP contribution in [0, 0.1) is 23.7 Å². The largest absolute Gasteiger partial charge is 0.452 e. The van der Waals surface area contributed by atoms with Gasteiger partial charge in [-0.15, -0.1) is 0 Å². The predicted molar refractivity (Wildman–Crippen MR) is 52.0 cm³/mol. The molecule has 0 N–H and O–H groups in total. The lowest BCUT2D eigenvalue weighted by Gasteiger charge is -2.14. The Morgan fingerprint density at radius 1 is 1.25 bits per heavy atom. The number of nitrogens with zero attached hydrogens (tertiary/aromatic N) is 1. The first-order valence-corrected chi connectivity index (χ1v) is 5.29. The average molecular weight is 221 g/mol. The smallest absolute Gasteiger partial charge is 0.423 e. The van der Waals surface area contributed by atoms with Crippen LogP contribution in [0.4, 0.5) is 4.79 Å². The topological polar surface area (TPSA) is 63.7 Å². The Bertz CT molecular complexity index is 398. The predicted octanol–water partition coefficient (Wildman–Crippen LogP) is 0.560. The fourth-order valence-electron chi connectivity index (χ4n) is 3.17. The van der Waals surface area contributed by atoms with Crippen molar-refractivity contribution in [2.24, 2.45) is 23.7 Å². The fourth-order valence-corrected chi connectivity index (χ4v) is 3.17. The van der Waals surface area contributed by atoms with E-state index < -0.39 is 17.9 Å². The van der Waals surface area contributed by atoms with Gasteiger partial charge in [0.25, 0.3) is 0 Å². The van der Waals surface area contributed by atoms with Crippen LogP contribution in [0.25, 0.3) is 0 Å². The normalized spacial score (nSPS) is 39.4. The molecule has 5 nitrogen and oxygen atoms in total. The number of hydrogen-bond acceptors (Lipinski definition) is 4. The quantitative estimate of drug-likeness (QED) is 0.443. The maximum atomic E-state index is 12.0. The monoisotopic (exact) mass is 221 g/mol. The highest BCUT2D eigenvalue weighted by atomic mass is 16.5. The lowest BCUT2D eigenvalue weighted by Crippen LogP contribution is -2.38. The van der Waals surface area contributed by atoms with E-state index in [0.29, 0.717) is 4.90 Å². The Morgan fingerprint density at radius 2 is 1.75 bits per heavy atom. The second kappa shape index (κ2) is 2.93. The summed E-state index contributed by atoms with van der Waals surface area (Å²) in [6, 6.07) is 0. The third-order valence-electron chi connectivity index (χ3n) is 3.83. The van der Waals surface area contributed by atoms with E-state index in [1.54, 1.807) is 0 Å². The third kappa shape index (κ3) is 0.930. The van der Waals surface area contributed by atoms with Crippen molar-refractivity contribution in [3.8, 4) is 0 Å². The van der Waals surface area contributed by atoms with E-state index in [4.69, 9.17) is 0 Å². The number of carbonyl (C=O) groups excluding carboxylic acids is 3. The number of carbonyl (C=O) groups is 3. The van der Waals surface area contributed by atoms with Crippen molar-refractivity contribution in [3.05, 3.63) is 12.2 Å². The second-order valence-electron chi connectivity index (χ2n) is 4.48. The molecule has 1 heterocycles. The summed E-state index contributed by atoms with van der Waals surface area (Å²) >= 11 is 0. The van der Waals surface area contributed by atoms with Crippen molar-refractivity contribution in [1.82, 2.24) is 4.90 Å². The van der Waals surface area contributed by atoms with E-state index in [2.05, 4.69) is 4.74 Å². The lowest BCUT2D eigenvalue weighted by atomic mass is 9.85. The first kappa shape index (κ1) is 9.57. The zero-order chi connectivity index (χ0) is 11.4. The maximum absolute atomic E-state index is 12.0. The lowest BCUT2D eigenvalue weighted by molar-refractivity contribution is -0.138. The number of imide groups is 3. The van der Waals surface area contributed by atoms with Gasteiger partial charge in [-0.2, -0.15) is 4.90 Å². The number of fused-ring (bicyclic) bond motifs is 5. The fraction of sp³-hybridized carbons (Fsp3) is 0.545. The molecule has 0 spiro atoms. The van der Waals surface area contributed by atoms with Gasteiger partial charge in [0.15, 0.2) is 0 Å². The average Bonchev–Trinajstić information content (AvgIpc) is 2.92. The van der Waals surface area contributed by atoms with Crippen LogP contribution in [0.5, 0.6) is 0 Å². The summed E-state index contributed by atoms with van der Waals surface area (Å²) in [5.41, 5.74) is 0. The molecular formula is C11H11NO4. The van der Waals surface area contributed by atoms with Gasteiger partial charge in [-0.05, 0) is 18.3 Å². The molecule has 1 saturated heterocycles. The number of methoxy groups -OCH3 is 1. The zero-order valence-electron chi connectivity index (χ0n) is 8.75. The minimum Gasteiger partial charge on any atom is -0.452 e. The van der Waals surface area contributed by atoms with Crippen molar-refractivity contribution in [2.45, 2.75) is 6.42 Å². The summed E-state index contributed by atoms with van der Waals surface area (Å²) in [6.45, 7) is 0. The van der Waals surface area contributed by atoms with Gasteiger partial charge in [-0.25, -0.2) is 4.79 Å². The molecule has 0 aromatic carbocycles. The highest BCUT2D eigenvalue weighted by Gasteiger charge is 2.61. The molecule has 3 aliphatic rings. The van der Waals surface area contributed by atoms with Gasteiger partial charge >= 0.3 is 6.09 Å². The Labute approximate surface area is 92.0 Å². The second-order valence-corrected chi connectivity index (χ2v) is 4.48. The molecule has 2 fully saturated rings. The molecular weight excluding hydrogens is 210 g/mol. The van der Waals surface area contributed by atoms with Crippen molar-refractivity contribution < 1.29 is 19.1 Å². The first-order chi connectivity index (χ1) is 7.65. The van der Waals surface area contributed by atoms with Gasteiger partial charge in [0.1, 0.15) is 0 Å². The Balaban J connectivity index is 1.98. The standard InChI is InChI=1S/C11H11NO4/c1-16-11(15)12-9(13)7-5-2-3-6(4-5)8(7)10(12)14/h2-3,5-8H,4H2,1H3/t5-,6+,7-,8+. The molecule has 16 heavy (non-hydrogen) atoms. The van der Waals surface area contributed by atoms with Crippen LogP contribution in [0.2, 0.25) is 0 Å². The summed E-state index contributed by atoms with van der Waals surface area (Å²) in [5, 5.41) is 0. The van der Waals surface area contributed by atoms with Crippen LogP contribution < -0.4 is 0 Å². The Hall–Kier alpha value is -1.65. The third-order valence-corrected chi connectivity index (χ3v) is 3.83. The number of ether oxygens (including phenoxy) is 1. The van der Waals surface area contributed by atoms with Crippen molar-refractivity contribution in [2.75, 3.05) is 7.11 Å². The molecule has 3 amide bonds. The molecule has 2 bridgehead atoms. The number of rotatable bonds is 0. The van der Waals surface area contributed by atoms with Gasteiger partial charge in [0, 0.05) is 0 Å². The minimum atomic E-state index is -0.858. The van der Waals surface area contributed by atoms with Gasteiger partial charge in [-0.1, -0.05) is 12.2 Å². The minimum absolute atomic E-state index is 0.126. The van der Waals surface area contributed by atoms with Gasteiger partial charge in [0.2, 0.25) is 11.8 Å². The molecule has 1 saturated carbocycles. The molecule has 0 radical (unpaired) electrons. The van der Waals surface area contributed by atoms with Gasteiger partial charge in [-0.3, -0.25) is 9.59 Å².